The zero-order chi connectivity index (χ0) is 32.4. The molecule has 4 aromatic rings. The number of phenolic OH excluding ortho intramolecular Hbond substituents is 1. The molecule has 0 atom stereocenters. The molecule has 0 bridgehead atoms. The molecule has 2 fully saturated rings. The average molecular weight is 624 g/mol. The van der Waals surface area contributed by atoms with E-state index in [-0.39, 0.29) is 34.6 Å². The highest BCUT2D eigenvalue weighted by atomic mass is 16.5. The van der Waals surface area contributed by atoms with Gasteiger partial charge in [-0.15, -0.1) is 0 Å². The number of carbonyl (C=O) groups excluding carboxylic acids is 2. The minimum atomic E-state index is -0.285. The molecule has 1 amide bonds. The van der Waals surface area contributed by atoms with Crippen LogP contribution >= 0.6 is 0 Å². The zero-order valence-corrected chi connectivity index (χ0v) is 26.2. The van der Waals surface area contributed by atoms with Crippen molar-refractivity contribution in [2.45, 2.75) is 45.6 Å². The first kappa shape index (κ1) is 30.8. The molecule has 1 aromatic carbocycles. The topological polar surface area (TPSA) is 143 Å². The average Bonchev–Trinajstić information content (AvgIpc) is 3.59. The predicted molar refractivity (Wildman–Crippen MR) is 176 cm³/mol. The summed E-state index contributed by atoms with van der Waals surface area (Å²) in [6, 6.07) is 8.75. The summed E-state index contributed by atoms with van der Waals surface area (Å²) >= 11 is 0. The van der Waals surface area contributed by atoms with E-state index >= 15 is 0 Å². The van der Waals surface area contributed by atoms with Gasteiger partial charge in [-0.3, -0.25) is 19.0 Å². The number of phenols is 1. The second kappa shape index (κ2) is 13.0. The SMILES string of the molecule is COc1cc(/C=C/C(=O)N2CCN(c3ccc(Nc4ncc5c(C)c(C(C)=O)c(=O)n(C6CCCC6)c5n4)nc3)CC2)ccc1O. The van der Waals surface area contributed by atoms with Gasteiger partial charge in [-0.2, -0.15) is 4.98 Å². The van der Waals surface area contributed by atoms with Crippen molar-refractivity contribution in [3.8, 4) is 11.5 Å². The molecular formula is C34H37N7O5. The van der Waals surface area contributed by atoms with Gasteiger partial charge in [-0.25, -0.2) is 9.97 Å². The summed E-state index contributed by atoms with van der Waals surface area (Å²) in [5.41, 5.74) is 2.75. The highest BCUT2D eigenvalue weighted by Gasteiger charge is 2.26. The van der Waals surface area contributed by atoms with Gasteiger partial charge in [0.25, 0.3) is 5.56 Å². The first-order valence-corrected chi connectivity index (χ1v) is 15.5. The maximum atomic E-state index is 13.5. The molecule has 1 saturated carbocycles. The third kappa shape index (κ3) is 6.15. The van der Waals surface area contributed by atoms with E-state index in [1.54, 1.807) is 47.0 Å². The van der Waals surface area contributed by atoms with Gasteiger partial charge in [0, 0.05) is 49.9 Å². The molecule has 0 spiro atoms. The van der Waals surface area contributed by atoms with Crippen LogP contribution in [0.5, 0.6) is 11.5 Å². The normalized spacial score (nSPS) is 15.5. The summed E-state index contributed by atoms with van der Waals surface area (Å²) in [4.78, 5) is 56.4. The van der Waals surface area contributed by atoms with Crippen LogP contribution in [0.25, 0.3) is 17.1 Å². The van der Waals surface area contributed by atoms with Crippen molar-refractivity contribution < 1.29 is 19.4 Å². The number of amides is 1. The summed E-state index contributed by atoms with van der Waals surface area (Å²) in [5.74, 6) is 0.950. The molecule has 2 N–H and O–H groups in total. The number of aromatic hydroxyl groups is 1. The molecule has 1 aliphatic carbocycles. The monoisotopic (exact) mass is 623 g/mol. The Bertz CT molecular complexity index is 1870. The van der Waals surface area contributed by atoms with Crippen molar-refractivity contribution in [1.82, 2.24) is 24.4 Å². The number of hydrogen-bond donors (Lipinski definition) is 2. The van der Waals surface area contributed by atoms with E-state index in [4.69, 9.17) is 9.72 Å². The van der Waals surface area contributed by atoms with Crippen LogP contribution in [0.1, 0.15) is 60.1 Å². The van der Waals surface area contributed by atoms with Crippen molar-refractivity contribution in [3.05, 3.63) is 75.8 Å². The summed E-state index contributed by atoms with van der Waals surface area (Å²) in [7, 11) is 1.48. The van der Waals surface area contributed by atoms with Gasteiger partial charge >= 0.3 is 0 Å². The number of aromatic nitrogens is 4. The van der Waals surface area contributed by atoms with Crippen LogP contribution in [-0.2, 0) is 4.79 Å². The van der Waals surface area contributed by atoms with Crippen molar-refractivity contribution in [2.75, 3.05) is 43.5 Å². The summed E-state index contributed by atoms with van der Waals surface area (Å²) in [6.45, 7) is 5.67. The number of methoxy groups -OCH3 is 1. The molecule has 0 radical (unpaired) electrons. The lowest BCUT2D eigenvalue weighted by molar-refractivity contribution is -0.126. The Labute approximate surface area is 266 Å². The van der Waals surface area contributed by atoms with Crippen molar-refractivity contribution in [3.63, 3.8) is 0 Å². The van der Waals surface area contributed by atoms with Crippen LogP contribution < -0.4 is 20.5 Å². The number of benzene rings is 1. The number of nitrogens with one attached hydrogen (secondary N) is 1. The predicted octanol–water partition coefficient (Wildman–Crippen LogP) is 4.63. The van der Waals surface area contributed by atoms with Crippen LogP contribution in [0.3, 0.4) is 0 Å². The standard InChI is InChI=1S/C34H37N7O5/c1-21-26-20-36-34(38-32(26)41(24-6-4-5-7-24)33(45)31(21)22(2)42)37-29-12-10-25(19-35-29)39-14-16-40(17-15-39)30(44)13-9-23-8-11-27(43)28(18-23)46-3/h8-13,18-20,24,43H,4-7,14-17H2,1-3H3,(H,35,36,37,38)/b13-9+. The first-order chi connectivity index (χ1) is 22.2. The number of piperazine rings is 1. The second-order valence-electron chi connectivity index (χ2n) is 11.7. The minimum absolute atomic E-state index is 0.00372. The van der Waals surface area contributed by atoms with Gasteiger partial charge in [-0.1, -0.05) is 18.9 Å². The molecular weight excluding hydrogens is 586 g/mol. The van der Waals surface area contributed by atoms with Crippen LogP contribution in [0.15, 0.2) is 53.6 Å². The van der Waals surface area contributed by atoms with Gasteiger partial charge in [-0.05, 0) is 68.2 Å². The Balaban J connectivity index is 1.12. The van der Waals surface area contributed by atoms with Crippen molar-refractivity contribution in [1.29, 1.82) is 0 Å². The van der Waals surface area contributed by atoms with Crippen LogP contribution in [0.2, 0.25) is 0 Å². The Morgan fingerprint density at radius 2 is 1.80 bits per heavy atom. The molecule has 4 heterocycles. The fourth-order valence-corrected chi connectivity index (χ4v) is 6.33. The number of ketones is 1. The largest absolute Gasteiger partial charge is 0.504 e. The van der Waals surface area contributed by atoms with Crippen LogP contribution in [0.4, 0.5) is 17.5 Å². The smallest absolute Gasteiger partial charge is 0.263 e. The van der Waals surface area contributed by atoms with Gasteiger partial charge in [0.05, 0.1) is 24.6 Å². The molecule has 2 aliphatic rings. The number of Topliss-reactive ketones (excluding diaryl/α,β-unsaturated/α-hetero) is 1. The summed E-state index contributed by atoms with van der Waals surface area (Å²) in [6.07, 6.45) is 10.5. The number of rotatable bonds is 8. The number of pyridine rings is 2. The molecule has 3 aromatic heterocycles. The fourth-order valence-electron chi connectivity index (χ4n) is 6.33. The van der Waals surface area contributed by atoms with Crippen LogP contribution in [0, 0.1) is 6.92 Å². The number of fused-ring (bicyclic) bond motifs is 1. The van der Waals surface area contributed by atoms with Crippen molar-refractivity contribution in [2.24, 2.45) is 0 Å². The summed E-state index contributed by atoms with van der Waals surface area (Å²) < 4.78 is 6.83. The lowest BCUT2D eigenvalue weighted by Gasteiger charge is -2.35. The molecule has 46 heavy (non-hydrogen) atoms. The van der Waals surface area contributed by atoms with Gasteiger partial charge < -0.3 is 25.0 Å². The fraction of sp³-hybridized carbons (Fsp3) is 0.353. The third-order valence-corrected chi connectivity index (χ3v) is 8.82. The van der Waals surface area contributed by atoms with E-state index in [0.717, 1.165) is 36.9 Å². The highest BCUT2D eigenvalue weighted by Crippen LogP contribution is 2.32. The number of nitrogens with zero attached hydrogens (tertiary/aromatic N) is 6. The number of anilines is 3. The molecule has 12 nitrogen and oxygen atoms in total. The van der Waals surface area contributed by atoms with E-state index in [0.29, 0.717) is 60.3 Å². The van der Waals surface area contributed by atoms with E-state index in [1.165, 1.54) is 26.2 Å². The zero-order valence-electron chi connectivity index (χ0n) is 26.2. The molecule has 238 valence electrons. The maximum Gasteiger partial charge on any atom is 0.263 e. The van der Waals surface area contributed by atoms with Gasteiger partial charge in [0.1, 0.15) is 11.5 Å². The highest BCUT2D eigenvalue weighted by molar-refractivity contribution is 5.99. The molecule has 0 unspecified atom stereocenters. The third-order valence-electron chi connectivity index (χ3n) is 8.82. The molecule has 1 aliphatic heterocycles. The molecule has 1 saturated heterocycles. The Hall–Kier alpha value is -5.26. The van der Waals surface area contributed by atoms with Crippen molar-refractivity contribution >= 4 is 46.3 Å². The minimum Gasteiger partial charge on any atom is -0.504 e. The lowest BCUT2D eigenvalue weighted by Crippen LogP contribution is -2.48. The van der Waals surface area contributed by atoms with Gasteiger partial charge in [0.15, 0.2) is 17.3 Å². The number of aryl methyl sites for hydroxylation is 1. The number of ether oxygens (including phenoxy) is 1. The maximum absolute atomic E-state index is 13.5. The Morgan fingerprint density at radius 1 is 1.04 bits per heavy atom. The molecule has 6 rings (SSSR count). The lowest BCUT2D eigenvalue weighted by atomic mass is 10.0. The number of hydrogen-bond acceptors (Lipinski definition) is 10. The Kier molecular flexibility index (Phi) is 8.69. The molecule has 12 heteroatoms. The van der Waals surface area contributed by atoms with E-state index in [2.05, 4.69) is 20.2 Å². The second-order valence-corrected chi connectivity index (χ2v) is 11.7. The number of carbonyl (C=O) groups is 2. The van der Waals surface area contributed by atoms with Gasteiger partial charge in [0.2, 0.25) is 11.9 Å². The van der Waals surface area contributed by atoms with Crippen LogP contribution in [-0.4, -0.2) is 74.5 Å². The first-order valence-electron chi connectivity index (χ1n) is 15.5. The Morgan fingerprint density at radius 3 is 2.48 bits per heavy atom. The quantitative estimate of drug-likeness (QED) is 0.211. The summed E-state index contributed by atoms with van der Waals surface area (Å²) in [5, 5.41) is 13.6. The van der Waals surface area contributed by atoms with E-state index in [9.17, 15) is 19.5 Å². The van der Waals surface area contributed by atoms with E-state index in [1.807, 2.05) is 12.1 Å². The van der Waals surface area contributed by atoms with E-state index < -0.39 is 0 Å².